The van der Waals surface area contributed by atoms with Gasteiger partial charge in [0.2, 0.25) is 0 Å². The fourth-order valence-corrected chi connectivity index (χ4v) is 2.88. The highest BCUT2D eigenvalue weighted by molar-refractivity contribution is 6.30. The number of guanidine groups is 1. The van der Waals surface area contributed by atoms with Gasteiger partial charge in [-0.15, -0.1) is 16.8 Å². The van der Waals surface area contributed by atoms with Crippen LogP contribution in [0, 0.1) is 12.3 Å². The number of benzene rings is 1. The first-order valence-electron chi connectivity index (χ1n) is 9.03. The van der Waals surface area contributed by atoms with Crippen molar-refractivity contribution >= 4 is 17.6 Å². The monoisotopic (exact) mass is 388 g/mol. The average molecular weight is 389 g/mol. The first-order chi connectivity index (χ1) is 12.8. The summed E-state index contributed by atoms with van der Waals surface area (Å²) in [6, 6.07) is 8.01. The Balaban J connectivity index is 2.00. The molecule has 0 unspecified atom stereocenters. The first-order valence-corrected chi connectivity index (χ1v) is 9.41. The van der Waals surface area contributed by atoms with Gasteiger partial charge in [0.15, 0.2) is 11.8 Å². The SMILES string of the molecule is C=CCNC(=NCc1nnc(C)n1C)NCC(C)(C)Cc1cccc(Cl)c1. The lowest BCUT2D eigenvalue weighted by molar-refractivity contribution is 0.359. The summed E-state index contributed by atoms with van der Waals surface area (Å²) < 4.78 is 1.94. The van der Waals surface area contributed by atoms with Gasteiger partial charge in [-0.3, -0.25) is 0 Å². The maximum Gasteiger partial charge on any atom is 0.191 e. The van der Waals surface area contributed by atoms with E-state index in [0.717, 1.165) is 35.6 Å². The van der Waals surface area contributed by atoms with Crippen LogP contribution in [-0.2, 0) is 20.0 Å². The normalized spacial score (nSPS) is 12.1. The zero-order valence-electron chi connectivity index (χ0n) is 16.6. The number of halogens is 1. The number of hydrogen-bond acceptors (Lipinski definition) is 3. The third kappa shape index (κ3) is 6.71. The molecule has 27 heavy (non-hydrogen) atoms. The van der Waals surface area contributed by atoms with Crippen LogP contribution in [0.2, 0.25) is 5.02 Å². The standard InChI is InChI=1S/C20H29ClN6/c1-6-10-22-19(23-13-18-26-25-15(2)27(18)5)24-14-20(3,4)12-16-8-7-9-17(21)11-16/h6-9,11H,1,10,12-14H2,2-5H3,(H2,22,23,24). The molecule has 0 bridgehead atoms. The van der Waals surface area contributed by atoms with Gasteiger partial charge in [0.05, 0.1) is 0 Å². The van der Waals surface area contributed by atoms with E-state index in [2.05, 4.69) is 52.3 Å². The Kier molecular flexibility index (Phi) is 7.42. The van der Waals surface area contributed by atoms with Crippen molar-refractivity contribution in [3.8, 4) is 0 Å². The molecule has 0 saturated heterocycles. The topological polar surface area (TPSA) is 67.1 Å². The highest BCUT2D eigenvalue weighted by Crippen LogP contribution is 2.22. The molecule has 0 aliphatic carbocycles. The number of nitrogens with one attached hydrogen (secondary N) is 2. The van der Waals surface area contributed by atoms with E-state index in [1.807, 2.05) is 36.7 Å². The van der Waals surface area contributed by atoms with Crippen LogP contribution in [0.5, 0.6) is 0 Å². The number of aryl methyl sites for hydroxylation is 1. The van der Waals surface area contributed by atoms with Gasteiger partial charge in [0.1, 0.15) is 12.4 Å². The van der Waals surface area contributed by atoms with Crippen molar-refractivity contribution in [1.82, 2.24) is 25.4 Å². The molecule has 1 aromatic heterocycles. The van der Waals surface area contributed by atoms with Crippen LogP contribution in [0.1, 0.15) is 31.1 Å². The minimum atomic E-state index is 0.0304. The molecule has 0 aliphatic rings. The van der Waals surface area contributed by atoms with Gasteiger partial charge in [0, 0.05) is 25.2 Å². The average Bonchev–Trinajstić information content (AvgIpc) is 2.92. The Bertz CT molecular complexity index is 794. The molecule has 2 N–H and O–H groups in total. The highest BCUT2D eigenvalue weighted by Gasteiger charge is 2.19. The summed E-state index contributed by atoms with van der Waals surface area (Å²) in [5.74, 6) is 2.43. The van der Waals surface area contributed by atoms with Crippen molar-refractivity contribution in [1.29, 1.82) is 0 Å². The molecule has 0 spiro atoms. The summed E-state index contributed by atoms with van der Waals surface area (Å²) >= 11 is 6.11. The maximum absolute atomic E-state index is 6.11. The molecule has 0 amide bonds. The van der Waals surface area contributed by atoms with Crippen LogP contribution in [0.4, 0.5) is 0 Å². The summed E-state index contributed by atoms with van der Waals surface area (Å²) in [4.78, 5) is 4.63. The number of hydrogen-bond donors (Lipinski definition) is 2. The number of aromatic nitrogens is 3. The van der Waals surface area contributed by atoms with E-state index in [9.17, 15) is 0 Å². The molecule has 1 heterocycles. The fourth-order valence-electron chi connectivity index (χ4n) is 2.67. The fraction of sp³-hybridized carbons (Fsp3) is 0.450. The second-order valence-electron chi connectivity index (χ2n) is 7.38. The summed E-state index contributed by atoms with van der Waals surface area (Å²) in [7, 11) is 1.94. The summed E-state index contributed by atoms with van der Waals surface area (Å²) in [5, 5.41) is 15.7. The van der Waals surface area contributed by atoms with E-state index in [1.165, 1.54) is 5.56 Å². The van der Waals surface area contributed by atoms with Gasteiger partial charge in [-0.2, -0.15) is 0 Å². The first kappa shape index (κ1) is 21.0. The molecule has 7 heteroatoms. The molecule has 0 atom stereocenters. The van der Waals surface area contributed by atoms with Crippen LogP contribution in [-0.4, -0.2) is 33.8 Å². The number of rotatable bonds is 8. The van der Waals surface area contributed by atoms with Crippen molar-refractivity contribution in [2.45, 2.75) is 33.7 Å². The summed E-state index contributed by atoms with van der Waals surface area (Å²) in [6.45, 7) is 12.0. The molecule has 6 nitrogen and oxygen atoms in total. The smallest absolute Gasteiger partial charge is 0.191 e. The van der Waals surface area contributed by atoms with E-state index < -0.39 is 0 Å². The van der Waals surface area contributed by atoms with E-state index in [1.54, 1.807) is 6.08 Å². The molecule has 2 rings (SSSR count). The lowest BCUT2D eigenvalue weighted by atomic mass is 9.86. The van der Waals surface area contributed by atoms with Crippen LogP contribution in [0.25, 0.3) is 0 Å². The molecule has 146 valence electrons. The zero-order chi connectivity index (χ0) is 19.9. The molecular formula is C20H29ClN6. The van der Waals surface area contributed by atoms with E-state index in [-0.39, 0.29) is 5.41 Å². The lowest BCUT2D eigenvalue weighted by Crippen LogP contribution is -2.42. The van der Waals surface area contributed by atoms with E-state index in [0.29, 0.717) is 13.1 Å². The van der Waals surface area contributed by atoms with Gasteiger partial charge in [-0.1, -0.05) is 43.7 Å². The van der Waals surface area contributed by atoms with E-state index in [4.69, 9.17) is 11.6 Å². The Labute approximate surface area is 166 Å². The molecule has 0 saturated carbocycles. The third-order valence-corrected chi connectivity index (χ3v) is 4.52. The van der Waals surface area contributed by atoms with Gasteiger partial charge in [-0.25, -0.2) is 4.99 Å². The largest absolute Gasteiger partial charge is 0.356 e. The van der Waals surface area contributed by atoms with Crippen LogP contribution in [0.3, 0.4) is 0 Å². The predicted octanol–water partition coefficient (Wildman–Crippen LogP) is 3.27. The van der Waals surface area contributed by atoms with Gasteiger partial charge in [0.25, 0.3) is 0 Å². The van der Waals surface area contributed by atoms with Gasteiger partial charge < -0.3 is 15.2 Å². The van der Waals surface area contributed by atoms with Crippen LogP contribution >= 0.6 is 11.6 Å². The Morgan fingerprint density at radius 1 is 1.33 bits per heavy atom. The van der Waals surface area contributed by atoms with Crippen molar-refractivity contribution in [2.75, 3.05) is 13.1 Å². The minimum absolute atomic E-state index is 0.0304. The van der Waals surface area contributed by atoms with Crippen molar-refractivity contribution < 1.29 is 0 Å². The third-order valence-electron chi connectivity index (χ3n) is 4.28. The van der Waals surface area contributed by atoms with E-state index >= 15 is 0 Å². The number of aliphatic imine (C=N–C) groups is 1. The van der Waals surface area contributed by atoms with Crippen molar-refractivity contribution in [2.24, 2.45) is 17.5 Å². The van der Waals surface area contributed by atoms with Crippen molar-refractivity contribution in [3.63, 3.8) is 0 Å². The quantitative estimate of drug-likeness (QED) is 0.413. The van der Waals surface area contributed by atoms with Gasteiger partial charge in [-0.05, 0) is 36.5 Å². The molecule has 1 aromatic carbocycles. The van der Waals surface area contributed by atoms with Crippen LogP contribution < -0.4 is 10.6 Å². The lowest BCUT2D eigenvalue weighted by Gasteiger charge is -2.26. The molecule has 0 radical (unpaired) electrons. The van der Waals surface area contributed by atoms with Gasteiger partial charge >= 0.3 is 0 Å². The highest BCUT2D eigenvalue weighted by atomic mass is 35.5. The summed E-state index contributed by atoms with van der Waals surface area (Å²) in [5.41, 5.74) is 1.25. The molecule has 2 aromatic rings. The maximum atomic E-state index is 6.11. The van der Waals surface area contributed by atoms with Crippen LogP contribution in [0.15, 0.2) is 41.9 Å². The Hall–Kier alpha value is -2.34. The van der Waals surface area contributed by atoms with Crippen molar-refractivity contribution in [3.05, 3.63) is 59.2 Å². The Morgan fingerprint density at radius 3 is 2.74 bits per heavy atom. The predicted molar refractivity (Wildman–Crippen MR) is 112 cm³/mol. The molecule has 0 fully saturated rings. The summed E-state index contributed by atoms with van der Waals surface area (Å²) in [6.07, 6.45) is 2.72. The number of nitrogens with zero attached hydrogens (tertiary/aromatic N) is 4. The minimum Gasteiger partial charge on any atom is -0.356 e. The zero-order valence-corrected chi connectivity index (χ0v) is 17.3. The molecular weight excluding hydrogens is 360 g/mol. The second-order valence-corrected chi connectivity index (χ2v) is 7.82. The molecule has 0 aliphatic heterocycles. The Morgan fingerprint density at radius 2 is 2.11 bits per heavy atom. The second kappa shape index (κ2) is 9.55.